The van der Waals surface area contributed by atoms with Crippen LogP contribution in [-0.2, 0) is 17.6 Å². The molecule has 0 bridgehead atoms. The quantitative estimate of drug-likeness (QED) is 0.333. The van der Waals surface area contributed by atoms with E-state index in [0.29, 0.717) is 5.13 Å². The van der Waals surface area contributed by atoms with Gasteiger partial charge in [-0.05, 0) is 72.0 Å². The summed E-state index contributed by atoms with van der Waals surface area (Å²) in [7, 11) is 0. The molecule has 5 aromatic rings. The van der Waals surface area contributed by atoms with Crippen molar-refractivity contribution in [2.45, 2.75) is 26.7 Å². The highest BCUT2D eigenvalue weighted by atomic mass is 32.1. The molecule has 1 N–H and O–H groups in total. The summed E-state index contributed by atoms with van der Waals surface area (Å²) in [6.07, 6.45) is 3.54. The number of benzene rings is 1. The lowest BCUT2D eigenvalue weighted by molar-refractivity contribution is -0.114. The third-order valence-electron chi connectivity index (χ3n) is 5.94. The molecule has 168 valence electrons. The molecule has 6 nitrogen and oxygen atoms in total. The second-order valence-corrected chi connectivity index (χ2v) is 10.1. The Hall–Kier alpha value is -3.62. The van der Waals surface area contributed by atoms with Gasteiger partial charge in [-0.2, -0.15) is 16.4 Å². The Morgan fingerprint density at radius 3 is 2.56 bits per heavy atom. The fourth-order valence-electron chi connectivity index (χ4n) is 4.32. The molecule has 0 radical (unpaired) electrons. The number of carbonyl (C=O) groups is 1. The number of carbonyl (C=O) groups excluding carboxylic acids is 1. The minimum absolute atomic E-state index is 0.115. The molecule has 1 aromatic carbocycles. The summed E-state index contributed by atoms with van der Waals surface area (Å²) in [5, 5.41) is 12.8. The zero-order chi connectivity index (χ0) is 23.2. The van der Waals surface area contributed by atoms with Crippen LogP contribution in [0, 0.1) is 6.92 Å². The number of pyridine rings is 1. The van der Waals surface area contributed by atoms with E-state index in [9.17, 15) is 4.79 Å². The normalized spacial score (nSPS) is 12.3. The van der Waals surface area contributed by atoms with E-state index in [0.717, 1.165) is 51.7 Å². The molecule has 0 atom stereocenters. The Kier molecular flexibility index (Phi) is 5.12. The largest absolute Gasteiger partial charge is 0.302 e. The first kappa shape index (κ1) is 20.9. The molecule has 0 spiro atoms. The lowest BCUT2D eigenvalue weighted by Gasteiger charge is -2.14. The third kappa shape index (κ3) is 3.65. The SMILES string of the molecule is CC(=O)Nc1nc2c(s1)-c1c(c(-c3ccc(C)nc3)nn1-c1ccc(-c3ccsc3)cc1)CC2. The Labute approximate surface area is 205 Å². The molecule has 0 saturated heterocycles. The van der Waals surface area contributed by atoms with E-state index in [1.165, 1.54) is 35.0 Å². The van der Waals surface area contributed by atoms with Gasteiger partial charge in [-0.15, -0.1) is 0 Å². The van der Waals surface area contributed by atoms with Crippen molar-refractivity contribution in [2.24, 2.45) is 0 Å². The van der Waals surface area contributed by atoms with Crippen molar-refractivity contribution in [3.05, 3.63) is 76.4 Å². The topological polar surface area (TPSA) is 72.7 Å². The highest BCUT2D eigenvalue weighted by molar-refractivity contribution is 7.19. The van der Waals surface area contributed by atoms with Crippen molar-refractivity contribution in [2.75, 3.05) is 5.32 Å². The first-order valence-corrected chi connectivity index (χ1v) is 12.8. The third-order valence-corrected chi connectivity index (χ3v) is 7.64. The Morgan fingerprint density at radius 2 is 1.85 bits per heavy atom. The van der Waals surface area contributed by atoms with Gasteiger partial charge in [0.15, 0.2) is 5.13 Å². The van der Waals surface area contributed by atoms with Crippen LogP contribution in [0.2, 0.25) is 0 Å². The van der Waals surface area contributed by atoms with E-state index < -0.39 is 0 Å². The van der Waals surface area contributed by atoms with Crippen molar-refractivity contribution in [3.8, 4) is 38.6 Å². The molecule has 8 heteroatoms. The number of rotatable bonds is 4. The molecule has 34 heavy (non-hydrogen) atoms. The Bertz CT molecular complexity index is 1500. The van der Waals surface area contributed by atoms with E-state index in [-0.39, 0.29) is 5.91 Å². The van der Waals surface area contributed by atoms with E-state index in [2.05, 4.69) is 57.5 Å². The van der Waals surface area contributed by atoms with Crippen molar-refractivity contribution in [1.82, 2.24) is 19.7 Å². The van der Waals surface area contributed by atoms with Crippen LogP contribution in [0.5, 0.6) is 0 Å². The zero-order valence-electron chi connectivity index (χ0n) is 18.7. The maximum absolute atomic E-state index is 11.6. The zero-order valence-corrected chi connectivity index (χ0v) is 20.3. The van der Waals surface area contributed by atoms with E-state index in [1.54, 1.807) is 11.3 Å². The molecule has 1 amide bonds. The molecule has 6 rings (SSSR count). The van der Waals surface area contributed by atoms with Gasteiger partial charge >= 0.3 is 0 Å². The minimum Gasteiger partial charge on any atom is -0.302 e. The van der Waals surface area contributed by atoms with Crippen LogP contribution in [0.4, 0.5) is 5.13 Å². The predicted octanol–water partition coefficient (Wildman–Crippen LogP) is 6.15. The second kappa shape index (κ2) is 8.30. The number of thiazole rings is 1. The number of aryl methyl sites for hydroxylation is 2. The van der Waals surface area contributed by atoms with Crippen molar-refractivity contribution >= 4 is 33.7 Å². The molecule has 4 heterocycles. The summed E-state index contributed by atoms with van der Waals surface area (Å²) in [5.74, 6) is -0.115. The molecule has 1 aliphatic carbocycles. The van der Waals surface area contributed by atoms with Crippen molar-refractivity contribution in [1.29, 1.82) is 0 Å². The first-order valence-electron chi connectivity index (χ1n) is 11.0. The van der Waals surface area contributed by atoms with Crippen molar-refractivity contribution in [3.63, 3.8) is 0 Å². The average molecular weight is 484 g/mol. The predicted molar refractivity (Wildman–Crippen MR) is 138 cm³/mol. The summed E-state index contributed by atoms with van der Waals surface area (Å²) < 4.78 is 2.02. The van der Waals surface area contributed by atoms with Crippen LogP contribution in [-0.4, -0.2) is 25.7 Å². The summed E-state index contributed by atoms with van der Waals surface area (Å²) >= 11 is 3.20. The Balaban J connectivity index is 1.52. The minimum atomic E-state index is -0.115. The van der Waals surface area contributed by atoms with Gasteiger partial charge in [0.2, 0.25) is 5.91 Å². The van der Waals surface area contributed by atoms with Crippen molar-refractivity contribution < 1.29 is 4.79 Å². The molecular weight excluding hydrogens is 462 g/mol. The number of hydrogen-bond donors (Lipinski definition) is 1. The molecule has 0 aliphatic heterocycles. The molecule has 0 saturated carbocycles. The van der Waals surface area contributed by atoms with Gasteiger partial charge in [0.1, 0.15) is 0 Å². The molecule has 0 fully saturated rings. The van der Waals surface area contributed by atoms with Crippen LogP contribution < -0.4 is 5.32 Å². The second-order valence-electron chi connectivity index (χ2n) is 8.31. The first-order chi connectivity index (χ1) is 16.6. The summed E-state index contributed by atoms with van der Waals surface area (Å²) in [4.78, 5) is 21.9. The number of aromatic nitrogens is 4. The maximum Gasteiger partial charge on any atom is 0.223 e. The number of amides is 1. The van der Waals surface area contributed by atoms with Gasteiger partial charge in [-0.3, -0.25) is 9.78 Å². The standard InChI is InChI=1S/C26H21N5OS2/c1-15-3-4-18(13-27-15)23-21-9-10-22-25(34-26(29-22)28-16(2)32)24(21)31(30-23)20-7-5-17(6-8-20)19-11-12-33-14-19/h3-8,11-14H,9-10H2,1-2H3,(H,28,29,32). The smallest absolute Gasteiger partial charge is 0.223 e. The van der Waals surface area contributed by atoms with Gasteiger partial charge in [-0.1, -0.05) is 23.5 Å². The average Bonchev–Trinajstić information content (AvgIpc) is 3.57. The fraction of sp³-hybridized carbons (Fsp3) is 0.154. The number of thiophene rings is 1. The lowest BCUT2D eigenvalue weighted by Crippen LogP contribution is -2.07. The van der Waals surface area contributed by atoms with Crippen LogP contribution >= 0.6 is 22.7 Å². The van der Waals surface area contributed by atoms with E-state index in [4.69, 9.17) is 10.1 Å². The summed E-state index contributed by atoms with van der Waals surface area (Å²) in [6, 6.07) is 14.7. The highest BCUT2D eigenvalue weighted by Crippen LogP contribution is 2.44. The summed E-state index contributed by atoms with van der Waals surface area (Å²) in [5.41, 5.74) is 9.57. The van der Waals surface area contributed by atoms with Gasteiger partial charge in [0.05, 0.1) is 27.6 Å². The van der Waals surface area contributed by atoms with Gasteiger partial charge in [-0.25, -0.2) is 9.67 Å². The maximum atomic E-state index is 11.6. The van der Waals surface area contributed by atoms with Gasteiger partial charge in [0.25, 0.3) is 0 Å². The van der Waals surface area contributed by atoms with Crippen LogP contribution in [0.25, 0.3) is 38.6 Å². The number of hydrogen-bond acceptors (Lipinski definition) is 6. The molecule has 0 unspecified atom stereocenters. The number of anilines is 1. The van der Waals surface area contributed by atoms with Gasteiger partial charge < -0.3 is 5.32 Å². The molecular formula is C26H21N5OS2. The number of nitrogens with zero attached hydrogens (tertiary/aromatic N) is 4. The van der Waals surface area contributed by atoms with Crippen LogP contribution in [0.1, 0.15) is 23.9 Å². The van der Waals surface area contributed by atoms with Gasteiger partial charge in [0, 0.05) is 29.9 Å². The van der Waals surface area contributed by atoms with Crippen LogP contribution in [0.15, 0.2) is 59.4 Å². The Morgan fingerprint density at radius 1 is 1.03 bits per heavy atom. The summed E-state index contributed by atoms with van der Waals surface area (Å²) in [6.45, 7) is 3.49. The van der Waals surface area contributed by atoms with E-state index in [1.807, 2.05) is 23.9 Å². The number of fused-ring (bicyclic) bond motifs is 3. The van der Waals surface area contributed by atoms with E-state index >= 15 is 0 Å². The van der Waals surface area contributed by atoms with Crippen LogP contribution in [0.3, 0.4) is 0 Å². The highest BCUT2D eigenvalue weighted by Gasteiger charge is 2.30. The molecule has 1 aliphatic rings. The number of nitrogens with one attached hydrogen (secondary N) is 1. The lowest BCUT2D eigenvalue weighted by atomic mass is 9.95. The monoisotopic (exact) mass is 483 g/mol. The fourth-order valence-corrected chi connectivity index (χ4v) is 6.11. The molecule has 4 aromatic heterocycles.